The summed E-state index contributed by atoms with van der Waals surface area (Å²) in [6, 6.07) is 4.52. The minimum atomic E-state index is 0. The molecule has 1 aromatic rings. The summed E-state index contributed by atoms with van der Waals surface area (Å²) in [5.41, 5.74) is 2.95. The van der Waals surface area contributed by atoms with Crippen molar-refractivity contribution >= 4 is 29.9 Å². The van der Waals surface area contributed by atoms with E-state index >= 15 is 0 Å². The van der Waals surface area contributed by atoms with Gasteiger partial charge in [-0.25, -0.2) is 4.99 Å². The van der Waals surface area contributed by atoms with E-state index in [2.05, 4.69) is 29.4 Å². The van der Waals surface area contributed by atoms with E-state index in [-0.39, 0.29) is 24.0 Å². The van der Waals surface area contributed by atoms with E-state index in [1.807, 2.05) is 26.0 Å². The Morgan fingerprint density at radius 2 is 1.81 bits per heavy atom. The highest BCUT2D eigenvalue weighted by molar-refractivity contribution is 14.0. The number of piperidine rings is 1. The van der Waals surface area contributed by atoms with E-state index in [4.69, 9.17) is 4.99 Å². The Morgan fingerprint density at radius 3 is 2.35 bits per heavy atom. The van der Waals surface area contributed by atoms with Gasteiger partial charge in [-0.2, -0.15) is 0 Å². The monoisotopic (exact) mass is 474 g/mol. The van der Waals surface area contributed by atoms with Crippen molar-refractivity contribution in [3.63, 3.8) is 0 Å². The fourth-order valence-corrected chi connectivity index (χ4v) is 3.44. The molecule has 148 valence electrons. The molecular formula is C20H35IN4O. The quantitative estimate of drug-likeness (QED) is 0.335. The minimum absolute atomic E-state index is 0. The largest absolute Gasteiger partial charge is 0.507 e. The van der Waals surface area contributed by atoms with E-state index in [0.29, 0.717) is 18.3 Å². The highest BCUT2D eigenvalue weighted by Crippen LogP contribution is 2.23. The Balaban J connectivity index is 0.00000338. The molecule has 0 spiro atoms. The summed E-state index contributed by atoms with van der Waals surface area (Å²) in [7, 11) is 0. The number of halogens is 1. The third-order valence-corrected chi connectivity index (χ3v) is 4.78. The lowest BCUT2D eigenvalue weighted by atomic mass is 10.1. The molecule has 1 saturated heterocycles. The minimum Gasteiger partial charge on any atom is -0.507 e. The Labute approximate surface area is 175 Å². The summed E-state index contributed by atoms with van der Waals surface area (Å²) >= 11 is 0. The lowest BCUT2D eigenvalue weighted by Gasteiger charge is -2.32. The van der Waals surface area contributed by atoms with Gasteiger partial charge in [-0.15, -0.1) is 24.0 Å². The molecule has 1 fully saturated rings. The van der Waals surface area contributed by atoms with Crippen molar-refractivity contribution in [1.82, 2.24) is 15.5 Å². The highest BCUT2D eigenvalue weighted by Gasteiger charge is 2.19. The lowest BCUT2D eigenvalue weighted by molar-refractivity contribution is 0.206. The van der Waals surface area contributed by atoms with Crippen LogP contribution in [0.4, 0.5) is 0 Å². The number of guanidine groups is 1. The van der Waals surface area contributed by atoms with Crippen LogP contribution in [0.3, 0.4) is 0 Å². The average Bonchev–Trinajstić information content (AvgIpc) is 2.59. The van der Waals surface area contributed by atoms with Gasteiger partial charge in [-0.3, -0.25) is 0 Å². The molecule has 26 heavy (non-hydrogen) atoms. The van der Waals surface area contributed by atoms with Gasteiger partial charge >= 0.3 is 0 Å². The summed E-state index contributed by atoms with van der Waals surface area (Å²) < 4.78 is 0. The normalized spacial score (nSPS) is 16.2. The molecule has 1 aromatic carbocycles. The van der Waals surface area contributed by atoms with E-state index in [1.165, 1.54) is 38.9 Å². The zero-order chi connectivity index (χ0) is 18.2. The van der Waals surface area contributed by atoms with Crippen molar-refractivity contribution in [3.8, 4) is 5.75 Å². The first-order valence-electron chi connectivity index (χ1n) is 9.59. The van der Waals surface area contributed by atoms with Crippen LogP contribution < -0.4 is 10.6 Å². The van der Waals surface area contributed by atoms with Gasteiger partial charge in [0.25, 0.3) is 0 Å². The van der Waals surface area contributed by atoms with Crippen molar-refractivity contribution in [2.45, 2.75) is 59.5 Å². The zero-order valence-corrected chi connectivity index (χ0v) is 19.0. The number of aryl methyl sites for hydroxylation is 2. The number of nitrogens with one attached hydrogen (secondary N) is 2. The van der Waals surface area contributed by atoms with Crippen LogP contribution in [-0.4, -0.2) is 48.2 Å². The third-order valence-electron chi connectivity index (χ3n) is 4.78. The first-order chi connectivity index (χ1) is 12.0. The van der Waals surface area contributed by atoms with E-state index in [0.717, 1.165) is 29.2 Å². The van der Waals surface area contributed by atoms with Gasteiger partial charge in [0.2, 0.25) is 0 Å². The number of likely N-dealkylation sites (tertiary alicyclic amines) is 1. The maximum absolute atomic E-state index is 9.90. The topological polar surface area (TPSA) is 59.9 Å². The van der Waals surface area contributed by atoms with Crippen molar-refractivity contribution in [2.75, 3.05) is 26.2 Å². The molecule has 1 heterocycles. The fraction of sp³-hybridized carbons (Fsp3) is 0.650. The number of rotatable bonds is 6. The first kappa shape index (κ1) is 23.0. The second-order valence-corrected chi connectivity index (χ2v) is 7.03. The molecule has 3 N–H and O–H groups in total. The van der Waals surface area contributed by atoms with Crippen LogP contribution in [0.15, 0.2) is 17.1 Å². The number of hydrogen-bond acceptors (Lipinski definition) is 3. The summed E-state index contributed by atoms with van der Waals surface area (Å²) in [6.07, 6.45) is 3.57. The molecule has 2 rings (SSSR count). The average molecular weight is 474 g/mol. The van der Waals surface area contributed by atoms with Crippen molar-refractivity contribution in [1.29, 1.82) is 0 Å². The van der Waals surface area contributed by atoms with E-state index in [9.17, 15) is 5.11 Å². The summed E-state index contributed by atoms with van der Waals surface area (Å²) in [5.74, 6) is 1.27. The van der Waals surface area contributed by atoms with Gasteiger partial charge in [0.1, 0.15) is 5.75 Å². The van der Waals surface area contributed by atoms with E-state index in [1.54, 1.807) is 0 Å². The highest BCUT2D eigenvalue weighted by atomic mass is 127. The summed E-state index contributed by atoms with van der Waals surface area (Å²) in [5, 5.41) is 16.9. The van der Waals surface area contributed by atoms with E-state index < -0.39 is 0 Å². The molecule has 5 nitrogen and oxygen atoms in total. The number of benzene rings is 1. The molecule has 0 bridgehead atoms. The number of aromatic hydroxyl groups is 1. The molecule has 1 aliphatic heterocycles. The molecule has 0 radical (unpaired) electrons. The summed E-state index contributed by atoms with van der Waals surface area (Å²) in [4.78, 5) is 7.29. The van der Waals surface area contributed by atoms with Gasteiger partial charge < -0.3 is 20.6 Å². The van der Waals surface area contributed by atoms with Gasteiger partial charge in [-0.05, 0) is 63.3 Å². The van der Waals surface area contributed by atoms with Gasteiger partial charge in [0.15, 0.2) is 5.96 Å². The maximum atomic E-state index is 9.90. The Morgan fingerprint density at radius 1 is 1.19 bits per heavy atom. The van der Waals surface area contributed by atoms with Gasteiger partial charge in [0, 0.05) is 25.7 Å². The second kappa shape index (κ2) is 11.6. The predicted molar refractivity (Wildman–Crippen MR) is 121 cm³/mol. The molecule has 6 heteroatoms. The number of nitrogens with zero attached hydrogens (tertiary/aromatic N) is 2. The zero-order valence-electron chi connectivity index (χ0n) is 16.6. The third kappa shape index (κ3) is 6.95. The number of phenolic OH excluding ortho intramolecular Hbond substituents is 1. The smallest absolute Gasteiger partial charge is 0.191 e. The maximum Gasteiger partial charge on any atom is 0.191 e. The van der Waals surface area contributed by atoms with Gasteiger partial charge in [0.05, 0.1) is 6.54 Å². The molecule has 0 atom stereocenters. The Bertz CT molecular complexity index is 560. The first-order valence-corrected chi connectivity index (χ1v) is 9.59. The van der Waals surface area contributed by atoms with Crippen LogP contribution in [0.5, 0.6) is 5.75 Å². The molecule has 0 amide bonds. The molecular weight excluding hydrogens is 439 g/mol. The number of hydrogen-bond donors (Lipinski definition) is 3. The van der Waals surface area contributed by atoms with Gasteiger partial charge in [-0.1, -0.05) is 19.1 Å². The van der Waals surface area contributed by atoms with Crippen LogP contribution >= 0.6 is 24.0 Å². The standard InChI is InChI=1S/C20H34N4O.HI/c1-5-9-24-10-7-18(8-11-24)23-20(21-6-2)22-14-17-12-15(3)19(25)16(4)13-17;/h12-13,18,25H,5-11,14H2,1-4H3,(H2,21,22,23);1H. The van der Waals surface area contributed by atoms with Crippen LogP contribution in [0.1, 0.15) is 49.8 Å². The van der Waals surface area contributed by atoms with Crippen LogP contribution in [0.25, 0.3) is 0 Å². The lowest BCUT2D eigenvalue weighted by Crippen LogP contribution is -2.48. The molecule has 0 aliphatic carbocycles. The molecule has 0 saturated carbocycles. The molecule has 0 aromatic heterocycles. The Kier molecular flexibility index (Phi) is 10.3. The Hall–Kier alpha value is -1.02. The van der Waals surface area contributed by atoms with Crippen molar-refractivity contribution in [3.05, 3.63) is 28.8 Å². The van der Waals surface area contributed by atoms with Crippen LogP contribution in [0, 0.1) is 13.8 Å². The van der Waals surface area contributed by atoms with Crippen LogP contribution in [0.2, 0.25) is 0 Å². The van der Waals surface area contributed by atoms with Crippen molar-refractivity contribution in [2.24, 2.45) is 4.99 Å². The molecule has 0 unspecified atom stereocenters. The van der Waals surface area contributed by atoms with Crippen molar-refractivity contribution < 1.29 is 5.11 Å². The summed E-state index contributed by atoms with van der Waals surface area (Å²) in [6.45, 7) is 13.2. The van der Waals surface area contributed by atoms with Crippen LogP contribution in [-0.2, 0) is 6.54 Å². The predicted octanol–water partition coefficient (Wildman–Crippen LogP) is 3.56. The second-order valence-electron chi connectivity index (χ2n) is 7.03. The molecule has 1 aliphatic rings. The number of aliphatic imine (C=N–C) groups is 1. The number of phenols is 1. The SMILES string of the molecule is CCCN1CCC(NC(=NCc2cc(C)c(O)c(C)c2)NCC)CC1.I. The fourth-order valence-electron chi connectivity index (χ4n) is 3.44.